The molecule has 4 N–H and O–H groups in total. The molecular weight excluding hydrogens is 240 g/mol. The molecule has 1 aromatic rings. The highest BCUT2D eigenvalue weighted by Gasteiger charge is 2.11. The van der Waals surface area contributed by atoms with Gasteiger partial charge in [0.1, 0.15) is 0 Å². The molecule has 4 nitrogen and oxygen atoms in total. The predicted octanol–water partition coefficient (Wildman–Crippen LogP) is 3.11. The summed E-state index contributed by atoms with van der Waals surface area (Å²) >= 11 is 0. The SMILES string of the molecule is CCCCCCCCOc1c(N)cccc1C(N)=O. The van der Waals surface area contributed by atoms with Gasteiger partial charge in [-0.3, -0.25) is 4.79 Å². The van der Waals surface area contributed by atoms with Crippen LogP contribution in [0.1, 0.15) is 55.8 Å². The first-order chi connectivity index (χ1) is 9.16. The Labute approximate surface area is 115 Å². The molecule has 0 aliphatic heterocycles. The molecule has 0 fully saturated rings. The van der Waals surface area contributed by atoms with Gasteiger partial charge in [0.15, 0.2) is 5.75 Å². The van der Waals surface area contributed by atoms with Crippen molar-refractivity contribution in [2.24, 2.45) is 5.73 Å². The van der Waals surface area contributed by atoms with Crippen molar-refractivity contribution < 1.29 is 9.53 Å². The van der Waals surface area contributed by atoms with E-state index in [4.69, 9.17) is 16.2 Å². The molecule has 0 saturated heterocycles. The minimum Gasteiger partial charge on any atom is -0.491 e. The van der Waals surface area contributed by atoms with E-state index in [1.165, 1.54) is 25.7 Å². The zero-order chi connectivity index (χ0) is 14.1. The van der Waals surface area contributed by atoms with E-state index in [1.807, 2.05) is 0 Å². The van der Waals surface area contributed by atoms with E-state index in [2.05, 4.69) is 6.92 Å². The number of nitrogens with two attached hydrogens (primary N) is 2. The molecular formula is C15H24N2O2. The largest absolute Gasteiger partial charge is 0.491 e. The maximum atomic E-state index is 11.3. The molecule has 0 bridgehead atoms. The fourth-order valence-electron chi connectivity index (χ4n) is 1.97. The Kier molecular flexibility index (Phi) is 6.79. The summed E-state index contributed by atoms with van der Waals surface area (Å²) in [6.45, 7) is 2.77. The van der Waals surface area contributed by atoms with E-state index in [0.29, 0.717) is 23.6 Å². The number of unbranched alkanes of at least 4 members (excludes halogenated alkanes) is 5. The molecule has 0 heterocycles. The third-order valence-electron chi connectivity index (χ3n) is 3.06. The smallest absolute Gasteiger partial charge is 0.252 e. The topological polar surface area (TPSA) is 78.3 Å². The zero-order valence-electron chi connectivity index (χ0n) is 11.7. The van der Waals surface area contributed by atoms with Crippen LogP contribution in [0.15, 0.2) is 18.2 Å². The molecule has 0 aliphatic rings. The highest BCUT2D eigenvalue weighted by atomic mass is 16.5. The van der Waals surface area contributed by atoms with Crippen molar-refractivity contribution in [3.05, 3.63) is 23.8 Å². The fourth-order valence-corrected chi connectivity index (χ4v) is 1.97. The summed E-state index contributed by atoms with van der Waals surface area (Å²) in [6, 6.07) is 5.05. The van der Waals surface area contributed by atoms with Gasteiger partial charge in [-0.05, 0) is 18.6 Å². The lowest BCUT2D eigenvalue weighted by Crippen LogP contribution is -2.14. The summed E-state index contributed by atoms with van der Waals surface area (Å²) in [7, 11) is 0. The van der Waals surface area contributed by atoms with E-state index in [0.717, 1.165) is 12.8 Å². The average molecular weight is 264 g/mol. The van der Waals surface area contributed by atoms with Crippen molar-refractivity contribution in [1.82, 2.24) is 0 Å². The maximum absolute atomic E-state index is 11.3. The Morgan fingerprint density at radius 3 is 2.53 bits per heavy atom. The van der Waals surface area contributed by atoms with Gasteiger partial charge in [0.05, 0.1) is 17.9 Å². The lowest BCUT2D eigenvalue weighted by atomic mass is 10.1. The van der Waals surface area contributed by atoms with Crippen LogP contribution >= 0.6 is 0 Å². The second-order valence-electron chi connectivity index (χ2n) is 4.70. The van der Waals surface area contributed by atoms with Crippen LogP contribution < -0.4 is 16.2 Å². The van der Waals surface area contributed by atoms with Crippen LogP contribution in [0.2, 0.25) is 0 Å². The van der Waals surface area contributed by atoms with Crippen molar-refractivity contribution in [3.63, 3.8) is 0 Å². The number of hydrogen-bond acceptors (Lipinski definition) is 3. The van der Waals surface area contributed by atoms with E-state index >= 15 is 0 Å². The number of hydrogen-bond donors (Lipinski definition) is 2. The van der Waals surface area contributed by atoms with Gasteiger partial charge in [0, 0.05) is 0 Å². The van der Waals surface area contributed by atoms with E-state index in [1.54, 1.807) is 18.2 Å². The van der Waals surface area contributed by atoms with Gasteiger partial charge in [-0.25, -0.2) is 0 Å². The first-order valence-electron chi connectivity index (χ1n) is 6.98. The first-order valence-corrected chi connectivity index (χ1v) is 6.98. The lowest BCUT2D eigenvalue weighted by Gasteiger charge is -2.11. The number of amides is 1. The second kappa shape index (κ2) is 8.40. The second-order valence-corrected chi connectivity index (χ2v) is 4.70. The zero-order valence-corrected chi connectivity index (χ0v) is 11.7. The number of ether oxygens (including phenoxy) is 1. The van der Waals surface area contributed by atoms with Crippen LogP contribution in [0, 0.1) is 0 Å². The Bertz CT molecular complexity index is 405. The number of rotatable bonds is 9. The quantitative estimate of drug-likeness (QED) is 0.531. The molecule has 4 heteroatoms. The molecule has 0 saturated carbocycles. The molecule has 0 radical (unpaired) electrons. The van der Waals surface area contributed by atoms with Crippen molar-refractivity contribution in [3.8, 4) is 5.75 Å². The predicted molar refractivity (Wildman–Crippen MR) is 78.2 cm³/mol. The average Bonchev–Trinajstić information content (AvgIpc) is 2.39. The highest BCUT2D eigenvalue weighted by molar-refractivity contribution is 5.97. The molecule has 19 heavy (non-hydrogen) atoms. The Balaban J connectivity index is 2.38. The maximum Gasteiger partial charge on any atom is 0.252 e. The van der Waals surface area contributed by atoms with Gasteiger partial charge in [-0.15, -0.1) is 0 Å². The van der Waals surface area contributed by atoms with Crippen molar-refractivity contribution in [1.29, 1.82) is 0 Å². The number of carbonyl (C=O) groups excluding carboxylic acids is 1. The standard InChI is InChI=1S/C15H24N2O2/c1-2-3-4-5-6-7-11-19-14-12(15(17)18)9-8-10-13(14)16/h8-10H,2-7,11,16H2,1H3,(H2,17,18). The summed E-state index contributed by atoms with van der Waals surface area (Å²) in [5, 5.41) is 0. The summed E-state index contributed by atoms with van der Waals surface area (Å²) < 4.78 is 5.61. The summed E-state index contributed by atoms with van der Waals surface area (Å²) in [5.74, 6) is -0.0891. The molecule has 0 unspecified atom stereocenters. The first kappa shape index (κ1) is 15.3. The number of nitrogen functional groups attached to an aromatic ring is 1. The number of primary amides is 1. The Morgan fingerprint density at radius 2 is 1.84 bits per heavy atom. The van der Waals surface area contributed by atoms with Gasteiger partial charge in [0.25, 0.3) is 5.91 Å². The Morgan fingerprint density at radius 1 is 1.16 bits per heavy atom. The lowest BCUT2D eigenvalue weighted by molar-refractivity contribution is 0.0996. The molecule has 0 aliphatic carbocycles. The van der Waals surface area contributed by atoms with Crippen LogP contribution in [0.4, 0.5) is 5.69 Å². The minimum absolute atomic E-state index is 0.353. The van der Waals surface area contributed by atoms with E-state index in [9.17, 15) is 4.79 Å². The van der Waals surface area contributed by atoms with Crippen LogP contribution in [0.25, 0.3) is 0 Å². The molecule has 0 aromatic heterocycles. The normalized spacial score (nSPS) is 10.4. The Hall–Kier alpha value is -1.71. The van der Waals surface area contributed by atoms with Crippen LogP contribution in [-0.4, -0.2) is 12.5 Å². The molecule has 1 amide bonds. The third-order valence-corrected chi connectivity index (χ3v) is 3.06. The van der Waals surface area contributed by atoms with Crippen molar-refractivity contribution in [2.75, 3.05) is 12.3 Å². The van der Waals surface area contributed by atoms with Gasteiger partial charge in [0.2, 0.25) is 0 Å². The summed E-state index contributed by atoms with van der Waals surface area (Å²) in [4.78, 5) is 11.3. The van der Waals surface area contributed by atoms with Crippen molar-refractivity contribution >= 4 is 11.6 Å². The number of benzene rings is 1. The van der Waals surface area contributed by atoms with Crippen LogP contribution in [0.5, 0.6) is 5.75 Å². The van der Waals surface area contributed by atoms with Gasteiger partial charge in [-0.2, -0.15) is 0 Å². The summed E-state index contributed by atoms with van der Waals surface area (Å²) in [6.07, 6.45) is 7.15. The minimum atomic E-state index is -0.509. The molecule has 106 valence electrons. The fraction of sp³-hybridized carbons (Fsp3) is 0.533. The number of para-hydroxylation sites is 1. The monoisotopic (exact) mass is 264 g/mol. The van der Waals surface area contributed by atoms with Crippen molar-refractivity contribution in [2.45, 2.75) is 45.4 Å². The molecule has 0 spiro atoms. The highest BCUT2D eigenvalue weighted by Crippen LogP contribution is 2.26. The number of carbonyl (C=O) groups is 1. The molecule has 1 aromatic carbocycles. The van der Waals surface area contributed by atoms with E-state index < -0.39 is 5.91 Å². The molecule has 1 rings (SSSR count). The van der Waals surface area contributed by atoms with Crippen LogP contribution in [0.3, 0.4) is 0 Å². The van der Waals surface area contributed by atoms with E-state index in [-0.39, 0.29) is 0 Å². The molecule has 0 atom stereocenters. The van der Waals surface area contributed by atoms with Gasteiger partial charge >= 0.3 is 0 Å². The van der Waals surface area contributed by atoms with Gasteiger partial charge in [-0.1, -0.05) is 45.1 Å². The third kappa shape index (κ3) is 5.20. The van der Waals surface area contributed by atoms with Crippen LogP contribution in [-0.2, 0) is 0 Å². The number of anilines is 1. The summed E-state index contributed by atoms with van der Waals surface area (Å²) in [5.41, 5.74) is 11.9. The van der Waals surface area contributed by atoms with Gasteiger partial charge < -0.3 is 16.2 Å².